The molecule has 0 aliphatic carbocycles. The topological polar surface area (TPSA) is 17.1 Å². The van der Waals surface area contributed by atoms with Crippen LogP contribution in [-0.4, -0.2) is 0 Å². The van der Waals surface area contributed by atoms with Crippen LogP contribution in [-0.2, 0) is 0 Å². The van der Waals surface area contributed by atoms with Crippen molar-refractivity contribution in [1.82, 2.24) is 0 Å². The van der Waals surface area contributed by atoms with E-state index in [0.717, 1.165) is 0 Å². The van der Waals surface area contributed by atoms with Gasteiger partial charge in [0.15, 0.2) is 5.43 Å². The maximum Gasteiger partial charge on any atom is 0.193 e. The summed E-state index contributed by atoms with van der Waals surface area (Å²) in [5.74, 6) is 2.73. The average Bonchev–Trinajstić information content (AvgIpc) is 2.27. The van der Waals surface area contributed by atoms with Crippen molar-refractivity contribution in [3.05, 3.63) is 40.6 Å². The molecule has 0 saturated heterocycles. The summed E-state index contributed by atoms with van der Waals surface area (Å²) < 4.78 is 0. The molecule has 1 rings (SSSR count). The van der Waals surface area contributed by atoms with Crippen molar-refractivity contribution in [2.45, 2.75) is 11.8 Å². The molecule has 0 fully saturated rings. The lowest BCUT2D eigenvalue weighted by Crippen LogP contribution is -1.95. The Labute approximate surface area is 75.8 Å². The van der Waals surface area contributed by atoms with Crippen molar-refractivity contribution in [3.8, 4) is 11.2 Å². The van der Waals surface area contributed by atoms with Gasteiger partial charge in [0.2, 0.25) is 0 Å². The van der Waals surface area contributed by atoms with Gasteiger partial charge in [0.25, 0.3) is 0 Å². The molecule has 60 valence electrons. The molecule has 0 aliphatic rings. The molecule has 0 unspecified atom stereocenters. The minimum atomic E-state index is 0.0211. The van der Waals surface area contributed by atoms with Gasteiger partial charge < -0.3 is 0 Å². The molecular weight excluding hydrogens is 168 g/mol. The molecular formula is C10H8OS. The molecule has 0 N–H and O–H groups in total. The minimum Gasteiger partial charge on any atom is -0.289 e. The van der Waals surface area contributed by atoms with Crippen molar-refractivity contribution >= 4 is 11.8 Å². The summed E-state index contributed by atoms with van der Waals surface area (Å²) in [7, 11) is 0. The van der Waals surface area contributed by atoms with Crippen LogP contribution in [0.4, 0.5) is 0 Å². The van der Waals surface area contributed by atoms with Crippen molar-refractivity contribution in [1.29, 1.82) is 0 Å². The van der Waals surface area contributed by atoms with Crippen molar-refractivity contribution in [2.24, 2.45) is 0 Å². The first-order valence-corrected chi connectivity index (χ1v) is 4.34. The monoisotopic (exact) mass is 176 g/mol. The van der Waals surface area contributed by atoms with E-state index in [0.29, 0.717) is 4.90 Å². The minimum absolute atomic E-state index is 0.0211. The molecule has 12 heavy (non-hydrogen) atoms. The SMILES string of the molecule is CC#CSc1cccccc1=O. The Hall–Kier alpha value is -1.20. The molecule has 0 aliphatic heterocycles. The molecule has 0 aromatic heterocycles. The lowest BCUT2D eigenvalue weighted by atomic mass is 10.5. The second-order valence-corrected chi connectivity index (χ2v) is 2.94. The first kappa shape index (κ1) is 8.89. The Morgan fingerprint density at radius 3 is 2.75 bits per heavy atom. The highest BCUT2D eigenvalue weighted by Crippen LogP contribution is 2.09. The predicted octanol–water partition coefficient (Wildman–Crippen LogP) is 2.12. The van der Waals surface area contributed by atoms with Gasteiger partial charge in [0, 0.05) is 0 Å². The van der Waals surface area contributed by atoms with Crippen molar-refractivity contribution in [3.63, 3.8) is 0 Å². The Kier molecular flexibility index (Phi) is 3.43. The van der Waals surface area contributed by atoms with Gasteiger partial charge in [-0.25, -0.2) is 0 Å². The number of hydrogen-bond donors (Lipinski definition) is 0. The van der Waals surface area contributed by atoms with Gasteiger partial charge in [-0.05, 0) is 36.1 Å². The lowest BCUT2D eigenvalue weighted by Gasteiger charge is -1.83. The van der Waals surface area contributed by atoms with Crippen molar-refractivity contribution in [2.75, 3.05) is 0 Å². The zero-order chi connectivity index (χ0) is 8.81. The van der Waals surface area contributed by atoms with Gasteiger partial charge in [-0.2, -0.15) is 0 Å². The van der Waals surface area contributed by atoms with Gasteiger partial charge in [-0.15, -0.1) is 0 Å². The molecule has 0 bridgehead atoms. The highest BCUT2D eigenvalue weighted by molar-refractivity contribution is 8.03. The van der Waals surface area contributed by atoms with Gasteiger partial charge in [-0.3, -0.25) is 4.79 Å². The third-order valence-corrected chi connectivity index (χ3v) is 2.09. The molecule has 0 radical (unpaired) electrons. The Morgan fingerprint density at radius 2 is 2.00 bits per heavy atom. The molecule has 1 aromatic carbocycles. The summed E-state index contributed by atoms with van der Waals surface area (Å²) >= 11 is 1.27. The van der Waals surface area contributed by atoms with Crippen LogP contribution in [0, 0.1) is 11.2 Å². The lowest BCUT2D eigenvalue weighted by molar-refractivity contribution is 1.42. The fraction of sp³-hybridized carbons (Fsp3) is 0.100. The fourth-order valence-corrected chi connectivity index (χ4v) is 1.23. The summed E-state index contributed by atoms with van der Waals surface area (Å²) in [6.45, 7) is 1.75. The van der Waals surface area contributed by atoms with Crippen LogP contribution in [0.3, 0.4) is 0 Å². The highest BCUT2D eigenvalue weighted by atomic mass is 32.2. The van der Waals surface area contributed by atoms with E-state index in [2.05, 4.69) is 11.2 Å². The summed E-state index contributed by atoms with van der Waals surface area (Å²) in [6.07, 6.45) is 0. The molecule has 2 heteroatoms. The second kappa shape index (κ2) is 4.63. The quantitative estimate of drug-likeness (QED) is 0.481. The Bertz CT molecular complexity index is 373. The molecule has 1 aromatic rings. The summed E-state index contributed by atoms with van der Waals surface area (Å²) in [5, 5.41) is 2.79. The summed E-state index contributed by atoms with van der Waals surface area (Å²) in [5.41, 5.74) is 0.0211. The van der Waals surface area contributed by atoms with E-state index in [1.165, 1.54) is 11.8 Å². The molecule has 0 saturated carbocycles. The van der Waals surface area contributed by atoms with Crippen molar-refractivity contribution < 1.29 is 0 Å². The second-order valence-electron chi connectivity index (χ2n) is 2.09. The van der Waals surface area contributed by atoms with E-state index in [9.17, 15) is 4.79 Å². The normalized spacial score (nSPS) is 8.42. The summed E-state index contributed by atoms with van der Waals surface area (Å²) in [6, 6.07) is 8.70. The first-order chi connectivity index (χ1) is 5.84. The zero-order valence-electron chi connectivity index (χ0n) is 6.70. The van der Waals surface area contributed by atoms with E-state index in [1.54, 1.807) is 25.1 Å². The van der Waals surface area contributed by atoms with Gasteiger partial charge in [0.05, 0.1) is 4.90 Å². The van der Waals surface area contributed by atoms with Gasteiger partial charge in [0.1, 0.15) is 0 Å². The number of rotatable bonds is 1. The maximum atomic E-state index is 11.2. The molecule has 1 nitrogen and oxygen atoms in total. The predicted molar refractivity (Wildman–Crippen MR) is 52.0 cm³/mol. The van der Waals surface area contributed by atoms with Crippen LogP contribution in [0.25, 0.3) is 0 Å². The van der Waals surface area contributed by atoms with Crippen LogP contribution < -0.4 is 5.43 Å². The van der Waals surface area contributed by atoms with E-state index in [1.807, 2.05) is 12.1 Å². The largest absolute Gasteiger partial charge is 0.289 e. The fourth-order valence-electron chi connectivity index (χ4n) is 0.705. The van der Waals surface area contributed by atoms with Crippen LogP contribution in [0.5, 0.6) is 0 Å². The number of thioether (sulfide) groups is 1. The van der Waals surface area contributed by atoms with Crippen LogP contribution in [0.1, 0.15) is 6.92 Å². The smallest absolute Gasteiger partial charge is 0.193 e. The third-order valence-electron chi connectivity index (χ3n) is 1.22. The van der Waals surface area contributed by atoms with E-state index < -0.39 is 0 Å². The molecule has 0 spiro atoms. The zero-order valence-corrected chi connectivity index (χ0v) is 7.52. The summed E-state index contributed by atoms with van der Waals surface area (Å²) in [4.78, 5) is 11.9. The Morgan fingerprint density at radius 1 is 1.25 bits per heavy atom. The highest BCUT2D eigenvalue weighted by Gasteiger charge is 1.92. The van der Waals surface area contributed by atoms with Crippen LogP contribution in [0.15, 0.2) is 40.0 Å². The molecule has 0 heterocycles. The Balaban J connectivity index is 3.06. The van der Waals surface area contributed by atoms with E-state index >= 15 is 0 Å². The van der Waals surface area contributed by atoms with E-state index in [4.69, 9.17) is 0 Å². The van der Waals surface area contributed by atoms with Gasteiger partial charge in [-0.1, -0.05) is 24.1 Å². The standard InChI is InChI=1S/C10H8OS/c1-2-8-12-10-7-5-3-4-6-9(10)11/h3-7H,1H3. The first-order valence-electron chi connectivity index (χ1n) is 3.52. The van der Waals surface area contributed by atoms with Crippen LogP contribution in [0.2, 0.25) is 0 Å². The molecule has 0 atom stereocenters. The third kappa shape index (κ3) is 2.44. The van der Waals surface area contributed by atoms with Gasteiger partial charge >= 0.3 is 0 Å². The maximum absolute atomic E-state index is 11.2. The van der Waals surface area contributed by atoms with E-state index in [-0.39, 0.29) is 5.43 Å². The number of hydrogen-bond acceptors (Lipinski definition) is 2. The van der Waals surface area contributed by atoms with Crippen LogP contribution >= 0.6 is 11.8 Å². The molecule has 0 amide bonds. The average molecular weight is 176 g/mol.